The summed E-state index contributed by atoms with van der Waals surface area (Å²) in [6.07, 6.45) is 1.56. The lowest BCUT2D eigenvalue weighted by Gasteiger charge is -2.33. The fourth-order valence-corrected chi connectivity index (χ4v) is 3.94. The Hall–Kier alpha value is -2.51. The van der Waals surface area contributed by atoms with Gasteiger partial charge < -0.3 is 4.90 Å². The number of carbonyl (C=O) groups excluding carboxylic acids is 1. The zero-order chi connectivity index (χ0) is 18.6. The number of carbonyl (C=O) groups is 1. The number of nitrogens with zero attached hydrogens (tertiary/aromatic N) is 2. The molecule has 0 unspecified atom stereocenters. The Morgan fingerprint density at radius 2 is 1.65 bits per heavy atom. The largest absolute Gasteiger partial charge is 0.336 e. The molecule has 1 fully saturated rings. The molecular weight excluding hydrogens is 355 g/mol. The second kappa shape index (κ2) is 7.80. The molecule has 0 radical (unpaired) electrons. The van der Waals surface area contributed by atoms with Gasteiger partial charge in [0.2, 0.25) is 10.0 Å². The van der Waals surface area contributed by atoms with Gasteiger partial charge in [0.1, 0.15) is 5.82 Å². The molecule has 5 nitrogen and oxygen atoms in total. The van der Waals surface area contributed by atoms with E-state index in [0.717, 1.165) is 5.56 Å². The molecule has 0 spiro atoms. The van der Waals surface area contributed by atoms with Crippen molar-refractivity contribution in [1.82, 2.24) is 9.21 Å². The lowest BCUT2D eigenvalue weighted by atomic mass is 10.2. The zero-order valence-electron chi connectivity index (χ0n) is 14.1. The first kappa shape index (κ1) is 18.3. The van der Waals surface area contributed by atoms with Gasteiger partial charge in [0, 0.05) is 37.2 Å². The van der Waals surface area contributed by atoms with E-state index in [1.165, 1.54) is 27.9 Å². The Labute approximate surface area is 152 Å². The number of rotatable bonds is 4. The minimum atomic E-state index is -3.55. The van der Waals surface area contributed by atoms with Crippen LogP contribution in [0.25, 0.3) is 6.08 Å². The number of hydrogen-bond donors (Lipinski definition) is 0. The van der Waals surface area contributed by atoms with Crippen LogP contribution in [0.2, 0.25) is 0 Å². The highest BCUT2D eigenvalue weighted by Crippen LogP contribution is 2.14. The van der Waals surface area contributed by atoms with E-state index in [1.54, 1.807) is 17.0 Å². The zero-order valence-corrected chi connectivity index (χ0v) is 14.9. The Bertz CT molecular complexity index is 905. The lowest BCUT2D eigenvalue weighted by Crippen LogP contribution is -2.50. The number of piperazine rings is 1. The Morgan fingerprint density at radius 3 is 2.31 bits per heavy atom. The van der Waals surface area contributed by atoms with Crippen LogP contribution >= 0.6 is 0 Å². The maximum atomic E-state index is 13.3. The summed E-state index contributed by atoms with van der Waals surface area (Å²) in [5, 5.41) is 1.19. The van der Waals surface area contributed by atoms with Crippen LogP contribution in [0.5, 0.6) is 0 Å². The normalized spacial score (nSPS) is 16.1. The quantitative estimate of drug-likeness (QED) is 0.827. The molecule has 136 valence electrons. The van der Waals surface area contributed by atoms with E-state index >= 15 is 0 Å². The summed E-state index contributed by atoms with van der Waals surface area (Å²) in [6.45, 7) is 0.965. The molecule has 1 amide bonds. The van der Waals surface area contributed by atoms with Gasteiger partial charge in [-0.25, -0.2) is 12.8 Å². The Kier molecular flexibility index (Phi) is 5.49. The van der Waals surface area contributed by atoms with Gasteiger partial charge in [0.25, 0.3) is 5.91 Å². The fraction of sp³-hybridized carbons (Fsp3) is 0.211. The van der Waals surface area contributed by atoms with E-state index in [4.69, 9.17) is 0 Å². The summed E-state index contributed by atoms with van der Waals surface area (Å²) in [4.78, 5) is 13.9. The summed E-state index contributed by atoms with van der Waals surface area (Å²) < 4.78 is 39.5. The number of amides is 1. The van der Waals surface area contributed by atoms with Crippen molar-refractivity contribution >= 4 is 22.0 Å². The SMILES string of the molecule is O=C(c1cccc(F)c1)N1CCN(S(=O)(=O)C=Cc2ccccc2)CC1. The maximum Gasteiger partial charge on any atom is 0.254 e. The van der Waals surface area contributed by atoms with E-state index < -0.39 is 15.8 Å². The van der Waals surface area contributed by atoms with Gasteiger partial charge in [-0.2, -0.15) is 4.31 Å². The minimum absolute atomic E-state index is 0.211. The molecule has 1 saturated heterocycles. The Balaban J connectivity index is 1.62. The van der Waals surface area contributed by atoms with Crippen LogP contribution in [0.4, 0.5) is 4.39 Å². The van der Waals surface area contributed by atoms with Crippen LogP contribution in [0, 0.1) is 5.82 Å². The van der Waals surface area contributed by atoms with Crippen molar-refractivity contribution in [2.24, 2.45) is 0 Å². The molecule has 0 saturated carbocycles. The topological polar surface area (TPSA) is 57.7 Å². The summed E-state index contributed by atoms with van der Waals surface area (Å²) >= 11 is 0. The third kappa shape index (κ3) is 4.36. The fourth-order valence-electron chi connectivity index (χ4n) is 2.76. The standard InChI is InChI=1S/C19H19FN2O3S/c20-18-8-4-7-17(15-18)19(23)21-10-12-22(13-11-21)26(24,25)14-9-16-5-2-1-3-6-16/h1-9,14-15H,10-13H2. The van der Waals surface area contributed by atoms with Crippen LogP contribution in [0.15, 0.2) is 60.0 Å². The first-order chi connectivity index (χ1) is 12.5. The highest BCUT2D eigenvalue weighted by molar-refractivity contribution is 7.92. The molecular formula is C19H19FN2O3S. The molecule has 1 heterocycles. The number of benzene rings is 2. The number of sulfonamides is 1. The molecule has 0 bridgehead atoms. The molecule has 0 N–H and O–H groups in total. The smallest absolute Gasteiger partial charge is 0.254 e. The number of halogens is 1. The lowest BCUT2D eigenvalue weighted by molar-refractivity contribution is 0.0698. The second-order valence-corrected chi connectivity index (χ2v) is 7.78. The molecule has 2 aromatic carbocycles. The van der Waals surface area contributed by atoms with E-state index in [-0.39, 0.29) is 37.6 Å². The third-order valence-electron chi connectivity index (χ3n) is 4.19. The molecule has 0 aromatic heterocycles. The molecule has 1 aliphatic heterocycles. The van der Waals surface area contributed by atoms with E-state index in [2.05, 4.69) is 0 Å². The van der Waals surface area contributed by atoms with Crippen LogP contribution in [-0.2, 0) is 10.0 Å². The highest BCUT2D eigenvalue weighted by atomic mass is 32.2. The van der Waals surface area contributed by atoms with Crippen LogP contribution in [0.1, 0.15) is 15.9 Å². The molecule has 2 aromatic rings. The Morgan fingerprint density at radius 1 is 0.962 bits per heavy atom. The van der Waals surface area contributed by atoms with Crippen molar-refractivity contribution in [3.63, 3.8) is 0 Å². The molecule has 3 rings (SSSR count). The molecule has 1 aliphatic rings. The summed E-state index contributed by atoms with van der Waals surface area (Å²) in [6, 6.07) is 14.7. The van der Waals surface area contributed by atoms with Gasteiger partial charge in [-0.05, 0) is 29.8 Å². The van der Waals surface area contributed by atoms with Crippen LogP contribution in [-0.4, -0.2) is 49.7 Å². The average molecular weight is 374 g/mol. The first-order valence-electron chi connectivity index (χ1n) is 8.24. The minimum Gasteiger partial charge on any atom is -0.336 e. The number of hydrogen-bond acceptors (Lipinski definition) is 3. The third-order valence-corrected chi connectivity index (χ3v) is 5.75. The van der Waals surface area contributed by atoms with Crippen molar-refractivity contribution < 1.29 is 17.6 Å². The van der Waals surface area contributed by atoms with Crippen molar-refractivity contribution in [2.75, 3.05) is 26.2 Å². The van der Waals surface area contributed by atoms with E-state index in [1.807, 2.05) is 30.3 Å². The van der Waals surface area contributed by atoms with Crippen molar-refractivity contribution in [2.45, 2.75) is 0 Å². The van der Waals surface area contributed by atoms with Gasteiger partial charge in [0.15, 0.2) is 0 Å². The molecule has 26 heavy (non-hydrogen) atoms. The first-order valence-corrected chi connectivity index (χ1v) is 9.74. The highest BCUT2D eigenvalue weighted by Gasteiger charge is 2.27. The molecule has 0 aliphatic carbocycles. The summed E-state index contributed by atoms with van der Waals surface area (Å²) in [7, 11) is -3.55. The molecule has 0 atom stereocenters. The van der Waals surface area contributed by atoms with Gasteiger partial charge in [-0.15, -0.1) is 0 Å². The molecule has 7 heteroatoms. The second-order valence-electron chi connectivity index (χ2n) is 5.96. The van der Waals surface area contributed by atoms with Gasteiger partial charge in [0.05, 0.1) is 0 Å². The van der Waals surface area contributed by atoms with E-state index in [9.17, 15) is 17.6 Å². The van der Waals surface area contributed by atoms with Gasteiger partial charge in [-0.3, -0.25) is 4.79 Å². The summed E-state index contributed by atoms with van der Waals surface area (Å²) in [5.41, 5.74) is 1.07. The monoisotopic (exact) mass is 374 g/mol. The van der Waals surface area contributed by atoms with Crippen LogP contribution < -0.4 is 0 Å². The average Bonchev–Trinajstić information content (AvgIpc) is 2.67. The van der Waals surface area contributed by atoms with Crippen LogP contribution in [0.3, 0.4) is 0 Å². The van der Waals surface area contributed by atoms with Gasteiger partial charge in [-0.1, -0.05) is 36.4 Å². The van der Waals surface area contributed by atoms with Crippen molar-refractivity contribution in [3.8, 4) is 0 Å². The summed E-state index contributed by atoms with van der Waals surface area (Å²) in [5.74, 6) is -0.760. The van der Waals surface area contributed by atoms with Crippen molar-refractivity contribution in [1.29, 1.82) is 0 Å². The predicted molar refractivity (Wildman–Crippen MR) is 98.3 cm³/mol. The predicted octanol–water partition coefficient (Wildman–Crippen LogP) is 2.58. The van der Waals surface area contributed by atoms with Gasteiger partial charge >= 0.3 is 0 Å². The van der Waals surface area contributed by atoms with E-state index in [0.29, 0.717) is 0 Å². The van der Waals surface area contributed by atoms with Crippen molar-refractivity contribution in [3.05, 3.63) is 76.9 Å². The maximum absolute atomic E-state index is 13.3.